The Morgan fingerprint density at radius 2 is 1.88 bits per heavy atom. The maximum absolute atomic E-state index is 13.2. The van der Waals surface area contributed by atoms with Crippen LogP contribution in [0, 0.1) is 0 Å². The number of piperazine rings is 1. The molecule has 1 N–H and O–H groups in total. The summed E-state index contributed by atoms with van der Waals surface area (Å²) >= 11 is 0. The van der Waals surface area contributed by atoms with Crippen LogP contribution in [-0.4, -0.2) is 55.0 Å². The molecule has 0 radical (unpaired) electrons. The van der Waals surface area contributed by atoms with Crippen LogP contribution in [0.1, 0.15) is 48.5 Å². The number of benzene rings is 2. The maximum Gasteiger partial charge on any atom is 0.308 e. The molecular weight excluding hydrogens is 420 g/mol. The molecule has 2 aromatic rings. The Kier molecular flexibility index (Phi) is 9.30. The molecule has 1 saturated heterocycles. The highest BCUT2D eigenvalue weighted by atomic mass is 16.5. The van der Waals surface area contributed by atoms with Crippen molar-refractivity contribution >= 4 is 17.8 Å². The molecule has 0 bridgehead atoms. The average Bonchev–Trinajstić information content (AvgIpc) is 2.84. The lowest BCUT2D eigenvalue weighted by Crippen LogP contribution is -2.57. The van der Waals surface area contributed by atoms with Crippen molar-refractivity contribution in [2.24, 2.45) is 0 Å². The zero-order chi connectivity index (χ0) is 23.5. The number of amides is 2. The fraction of sp³-hybridized carbons (Fsp3) is 0.423. The quantitative estimate of drug-likeness (QED) is 0.417. The molecule has 7 nitrogen and oxygen atoms in total. The van der Waals surface area contributed by atoms with Gasteiger partial charge in [0.1, 0.15) is 11.8 Å². The number of carbonyl (C=O) groups is 3. The SMILES string of the molecule is CCCCOc1cccc(C(=O)N2CCNC(=O)C2CC(=O)OCCCc2ccccc2)c1. The summed E-state index contributed by atoms with van der Waals surface area (Å²) < 4.78 is 11.0. The molecule has 1 unspecified atom stereocenters. The van der Waals surface area contributed by atoms with Crippen LogP contribution in [0.2, 0.25) is 0 Å². The first kappa shape index (κ1) is 24.3. The second-order valence-corrected chi connectivity index (χ2v) is 8.05. The van der Waals surface area contributed by atoms with E-state index in [1.807, 2.05) is 30.3 Å². The summed E-state index contributed by atoms with van der Waals surface area (Å²) in [5.41, 5.74) is 1.61. The first-order valence-electron chi connectivity index (χ1n) is 11.6. The van der Waals surface area contributed by atoms with Gasteiger partial charge in [-0.25, -0.2) is 0 Å². The molecule has 3 rings (SSSR count). The highest BCUT2D eigenvalue weighted by molar-refractivity contribution is 5.99. The molecule has 0 aliphatic carbocycles. The topological polar surface area (TPSA) is 84.9 Å². The minimum absolute atomic E-state index is 0.171. The van der Waals surface area contributed by atoms with E-state index in [4.69, 9.17) is 9.47 Å². The van der Waals surface area contributed by atoms with Crippen molar-refractivity contribution in [3.8, 4) is 5.75 Å². The third kappa shape index (κ3) is 7.34. The van der Waals surface area contributed by atoms with Crippen molar-refractivity contribution in [3.63, 3.8) is 0 Å². The maximum atomic E-state index is 13.2. The van der Waals surface area contributed by atoms with Crippen molar-refractivity contribution < 1.29 is 23.9 Å². The summed E-state index contributed by atoms with van der Waals surface area (Å²) in [4.78, 5) is 39.5. The van der Waals surface area contributed by atoms with Gasteiger partial charge in [-0.05, 0) is 43.0 Å². The fourth-order valence-electron chi connectivity index (χ4n) is 3.70. The van der Waals surface area contributed by atoms with E-state index in [0.29, 0.717) is 37.4 Å². The predicted molar refractivity (Wildman–Crippen MR) is 125 cm³/mol. The lowest BCUT2D eigenvalue weighted by Gasteiger charge is -2.34. The Labute approximate surface area is 195 Å². The van der Waals surface area contributed by atoms with Gasteiger partial charge >= 0.3 is 5.97 Å². The number of nitrogens with zero attached hydrogens (tertiary/aromatic N) is 1. The van der Waals surface area contributed by atoms with E-state index in [-0.39, 0.29) is 24.8 Å². The van der Waals surface area contributed by atoms with E-state index in [1.165, 1.54) is 10.5 Å². The van der Waals surface area contributed by atoms with E-state index in [2.05, 4.69) is 12.2 Å². The molecule has 176 valence electrons. The summed E-state index contributed by atoms with van der Waals surface area (Å²) in [6.07, 6.45) is 3.28. The summed E-state index contributed by atoms with van der Waals surface area (Å²) in [5.74, 6) is -0.511. The summed E-state index contributed by atoms with van der Waals surface area (Å²) in [6.45, 7) is 3.61. The Morgan fingerprint density at radius 1 is 1.06 bits per heavy atom. The lowest BCUT2D eigenvalue weighted by molar-refractivity contribution is -0.147. The van der Waals surface area contributed by atoms with Crippen molar-refractivity contribution in [3.05, 3.63) is 65.7 Å². The van der Waals surface area contributed by atoms with Gasteiger partial charge < -0.3 is 19.7 Å². The van der Waals surface area contributed by atoms with E-state index in [0.717, 1.165) is 19.3 Å². The normalized spacial score (nSPS) is 15.6. The molecule has 0 spiro atoms. The number of hydrogen-bond acceptors (Lipinski definition) is 5. The molecule has 7 heteroatoms. The zero-order valence-corrected chi connectivity index (χ0v) is 19.1. The first-order valence-corrected chi connectivity index (χ1v) is 11.6. The number of aryl methyl sites for hydroxylation is 1. The van der Waals surface area contributed by atoms with Crippen molar-refractivity contribution in [2.45, 2.75) is 45.1 Å². The van der Waals surface area contributed by atoms with Gasteiger partial charge in [0, 0.05) is 18.7 Å². The standard InChI is InChI=1S/C26H32N2O5/c1-2-3-16-32-22-13-7-12-21(18-22)26(31)28-15-14-27-25(30)23(28)19-24(29)33-17-8-11-20-9-5-4-6-10-20/h4-7,9-10,12-13,18,23H,2-3,8,11,14-17,19H2,1H3,(H,27,30). The summed E-state index contributed by atoms with van der Waals surface area (Å²) in [6, 6.07) is 16.0. The smallest absolute Gasteiger partial charge is 0.308 e. The molecule has 1 aliphatic heterocycles. The summed E-state index contributed by atoms with van der Waals surface area (Å²) in [7, 11) is 0. The van der Waals surface area contributed by atoms with E-state index in [9.17, 15) is 14.4 Å². The molecular formula is C26H32N2O5. The van der Waals surface area contributed by atoms with Crippen LogP contribution in [0.3, 0.4) is 0 Å². The molecule has 1 atom stereocenters. The first-order chi connectivity index (χ1) is 16.1. The minimum Gasteiger partial charge on any atom is -0.494 e. The second kappa shape index (κ2) is 12.6. The van der Waals surface area contributed by atoms with Gasteiger partial charge in [0.05, 0.1) is 19.6 Å². The Balaban J connectivity index is 1.56. The van der Waals surface area contributed by atoms with Crippen LogP contribution in [0.4, 0.5) is 0 Å². The number of unbranched alkanes of at least 4 members (excludes halogenated alkanes) is 1. The predicted octanol–water partition coefficient (Wildman–Crippen LogP) is 3.37. The molecule has 1 aliphatic rings. The second-order valence-electron chi connectivity index (χ2n) is 8.05. The molecule has 2 amide bonds. The van der Waals surface area contributed by atoms with Gasteiger partial charge in [-0.1, -0.05) is 49.7 Å². The highest BCUT2D eigenvalue weighted by Gasteiger charge is 2.35. The van der Waals surface area contributed by atoms with E-state index in [1.54, 1.807) is 24.3 Å². The van der Waals surface area contributed by atoms with Crippen LogP contribution in [-0.2, 0) is 20.7 Å². The van der Waals surface area contributed by atoms with Crippen molar-refractivity contribution in [1.82, 2.24) is 10.2 Å². The lowest BCUT2D eigenvalue weighted by atomic mass is 10.1. The number of ether oxygens (including phenoxy) is 2. The van der Waals surface area contributed by atoms with Gasteiger partial charge in [-0.15, -0.1) is 0 Å². The number of carbonyl (C=O) groups excluding carboxylic acids is 3. The third-order valence-electron chi connectivity index (χ3n) is 5.51. The molecule has 1 fully saturated rings. The van der Waals surface area contributed by atoms with Crippen LogP contribution in [0.25, 0.3) is 0 Å². The highest BCUT2D eigenvalue weighted by Crippen LogP contribution is 2.19. The van der Waals surface area contributed by atoms with Crippen molar-refractivity contribution in [1.29, 1.82) is 0 Å². The number of esters is 1. The molecule has 2 aromatic carbocycles. The Bertz CT molecular complexity index is 931. The number of hydrogen-bond donors (Lipinski definition) is 1. The van der Waals surface area contributed by atoms with Gasteiger partial charge in [-0.2, -0.15) is 0 Å². The minimum atomic E-state index is -0.891. The molecule has 33 heavy (non-hydrogen) atoms. The number of rotatable bonds is 11. The Morgan fingerprint density at radius 3 is 2.67 bits per heavy atom. The van der Waals surface area contributed by atoms with Gasteiger partial charge in [0.15, 0.2) is 0 Å². The van der Waals surface area contributed by atoms with Crippen molar-refractivity contribution in [2.75, 3.05) is 26.3 Å². The van der Waals surface area contributed by atoms with E-state index >= 15 is 0 Å². The van der Waals surface area contributed by atoms with Crippen LogP contribution < -0.4 is 10.1 Å². The summed E-state index contributed by atoms with van der Waals surface area (Å²) in [5, 5.41) is 2.74. The third-order valence-corrected chi connectivity index (χ3v) is 5.51. The van der Waals surface area contributed by atoms with Crippen LogP contribution >= 0.6 is 0 Å². The zero-order valence-electron chi connectivity index (χ0n) is 19.1. The molecule has 0 saturated carbocycles. The fourth-order valence-corrected chi connectivity index (χ4v) is 3.70. The average molecular weight is 453 g/mol. The van der Waals surface area contributed by atoms with Crippen LogP contribution in [0.5, 0.6) is 5.75 Å². The Hall–Kier alpha value is -3.35. The van der Waals surface area contributed by atoms with Gasteiger partial charge in [0.2, 0.25) is 5.91 Å². The number of nitrogens with one attached hydrogen (secondary N) is 1. The molecule has 1 heterocycles. The van der Waals surface area contributed by atoms with E-state index < -0.39 is 12.0 Å². The largest absolute Gasteiger partial charge is 0.494 e. The van der Waals surface area contributed by atoms with Crippen LogP contribution in [0.15, 0.2) is 54.6 Å². The monoisotopic (exact) mass is 452 g/mol. The molecule has 0 aromatic heterocycles. The van der Waals surface area contributed by atoms with Gasteiger partial charge in [0.25, 0.3) is 5.91 Å². The van der Waals surface area contributed by atoms with Gasteiger partial charge in [-0.3, -0.25) is 14.4 Å².